The molecule has 1 N–H and O–H groups in total. The van der Waals surface area contributed by atoms with Crippen molar-refractivity contribution in [3.63, 3.8) is 0 Å². The minimum atomic E-state index is 0.159. The molecule has 0 saturated carbocycles. The first kappa shape index (κ1) is 18.9. The molecule has 7 nitrogen and oxygen atoms in total. The van der Waals surface area contributed by atoms with Gasteiger partial charge in [-0.3, -0.25) is 4.79 Å². The number of nitrogens with one attached hydrogen (secondary N) is 1. The average Bonchev–Trinajstić information content (AvgIpc) is 3.15. The summed E-state index contributed by atoms with van der Waals surface area (Å²) in [6, 6.07) is 5.91. The minimum Gasteiger partial charge on any atom is -0.360 e. The van der Waals surface area contributed by atoms with Gasteiger partial charge < -0.3 is 15.1 Å². The van der Waals surface area contributed by atoms with Gasteiger partial charge in [-0.25, -0.2) is 4.98 Å². The highest BCUT2D eigenvalue weighted by Gasteiger charge is 2.22. The Hall–Kier alpha value is -1.87. The maximum atomic E-state index is 12.4. The lowest BCUT2D eigenvalue weighted by Crippen LogP contribution is -2.49. The lowest BCUT2D eigenvalue weighted by atomic mass is 10.3. The molecule has 1 amide bonds. The maximum absolute atomic E-state index is 12.4. The first-order valence-electron chi connectivity index (χ1n) is 8.90. The zero-order valence-electron chi connectivity index (χ0n) is 14.9. The van der Waals surface area contributed by atoms with Crippen molar-refractivity contribution in [3.05, 3.63) is 24.4 Å². The number of aromatic nitrogens is 3. The standard InChI is InChI=1S/C17H24N6OS2/c1-2-3-7-19-16-20-21-17(26-16)25-13-15(24)23-11-9-22(10-12-23)14-6-4-5-8-18-14/h4-6,8H,2-3,7,9-13H2,1H3,(H,19,20). The van der Waals surface area contributed by atoms with Gasteiger partial charge in [0.05, 0.1) is 5.75 Å². The van der Waals surface area contributed by atoms with E-state index in [1.165, 1.54) is 23.1 Å². The lowest BCUT2D eigenvalue weighted by Gasteiger charge is -2.35. The summed E-state index contributed by atoms with van der Waals surface area (Å²) in [5.74, 6) is 1.55. The fourth-order valence-corrected chi connectivity index (χ4v) is 4.33. The van der Waals surface area contributed by atoms with Crippen molar-refractivity contribution < 1.29 is 4.79 Å². The number of hydrogen-bond donors (Lipinski definition) is 1. The Morgan fingerprint density at radius 1 is 1.27 bits per heavy atom. The summed E-state index contributed by atoms with van der Waals surface area (Å²) in [6.07, 6.45) is 4.07. The maximum Gasteiger partial charge on any atom is 0.233 e. The first-order valence-corrected chi connectivity index (χ1v) is 10.7. The normalized spacial score (nSPS) is 14.5. The van der Waals surface area contributed by atoms with Gasteiger partial charge in [-0.15, -0.1) is 10.2 Å². The molecule has 1 fully saturated rings. The van der Waals surface area contributed by atoms with Crippen LogP contribution in [0.4, 0.5) is 10.9 Å². The van der Waals surface area contributed by atoms with Crippen LogP contribution in [0.2, 0.25) is 0 Å². The van der Waals surface area contributed by atoms with E-state index in [-0.39, 0.29) is 5.91 Å². The molecule has 140 valence electrons. The number of anilines is 2. The van der Waals surface area contributed by atoms with Crippen molar-refractivity contribution in [2.24, 2.45) is 0 Å². The molecule has 2 aromatic heterocycles. The number of pyridine rings is 1. The van der Waals surface area contributed by atoms with Crippen LogP contribution in [-0.2, 0) is 4.79 Å². The van der Waals surface area contributed by atoms with Gasteiger partial charge in [-0.05, 0) is 18.6 Å². The number of piperazine rings is 1. The van der Waals surface area contributed by atoms with Crippen LogP contribution in [0.3, 0.4) is 0 Å². The second-order valence-corrected chi connectivity index (χ2v) is 8.20. The van der Waals surface area contributed by atoms with Gasteiger partial charge in [-0.1, -0.05) is 42.5 Å². The number of hydrogen-bond acceptors (Lipinski definition) is 8. The number of thioether (sulfide) groups is 1. The minimum absolute atomic E-state index is 0.159. The number of carbonyl (C=O) groups is 1. The molecule has 0 aromatic carbocycles. The fourth-order valence-electron chi connectivity index (χ4n) is 2.65. The van der Waals surface area contributed by atoms with Gasteiger partial charge in [0.2, 0.25) is 11.0 Å². The van der Waals surface area contributed by atoms with Gasteiger partial charge in [-0.2, -0.15) is 0 Å². The third kappa shape index (κ3) is 5.31. The Bertz CT molecular complexity index is 688. The first-order chi connectivity index (χ1) is 12.8. The van der Waals surface area contributed by atoms with Crippen molar-refractivity contribution in [2.75, 3.05) is 48.7 Å². The molecule has 1 aliphatic rings. The van der Waals surface area contributed by atoms with Crippen LogP contribution < -0.4 is 10.2 Å². The Balaban J connectivity index is 1.40. The van der Waals surface area contributed by atoms with Crippen LogP contribution in [0.25, 0.3) is 0 Å². The van der Waals surface area contributed by atoms with Crippen LogP contribution in [0.15, 0.2) is 28.7 Å². The van der Waals surface area contributed by atoms with Crippen LogP contribution >= 0.6 is 23.1 Å². The van der Waals surface area contributed by atoms with Crippen molar-refractivity contribution >= 4 is 40.0 Å². The van der Waals surface area contributed by atoms with Gasteiger partial charge >= 0.3 is 0 Å². The Labute approximate surface area is 162 Å². The number of unbranched alkanes of at least 4 members (excludes halogenated alkanes) is 1. The van der Waals surface area contributed by atoms with E-state index in [0.717, 1.165) is 60.9 Å². The molecule has 0 bridgehead atoms. The van der Waals surface area contributed by atoms with Crippen molar-refractivity contribution in [2.45, 2.75) is 24.1 Å². The highest BCUT2D eigenvalue weighted by Crippen LogP contribution is 2.26. The summed E-state index contributed by atoms with van der Waals surface area (Å²) in [5.41, 5.74) is 0. The average molecular weight is 393 g/mol. The second kappa shape index (κ2) is 9.72. The van der Waals surface area contributed by atoms with Crippen molar-refractivity contribution in [1.82, 2.24) is 20.1 Å². The summed E-state index contributed by atoms with van der Waals surface area (Å²) in [7, 11) is 0. The quantitative estimate of drug-likeness (QED) is 0.547. The van der Waals surface area contributed by atoms with Gasteiger partial charge in [0.25, 0.3) is 0 Å². The molecule has 3 rings (SSSR count). The van der Waals surface area contributed by atoms with Crippen LogP contribution in [0.1, 0.15) is 19.8 Å². The zero-order chi connectivity index (χ0) is 18.2. The number of rotatable bonds is 8. The molecule has 0 radical (unpaired) electrons. The molecule has 3 heterocycles. The summed E-state index contributed by atoms with van der Waals surface area (Å²) < 4.78 is 0.837. The number of nitrogens with zero attached hydrogens (tertiary/aromatic N) is 5. The van der Waals surface area contributed by atoms with Crippen molar-refractivity contribution in [1.29, 1.82) is 0 Å². The summed E-state index contributed by atoms with van der Waals surface area (Å²) in [6.45, 7) is 6.17. The highest BCUT2D eigenvalue weighted by atomic mass is 32.2. The van der Waals surface area contributed by atoms with E-state index in [1.807, 2.05) is 23.1 Å². The molecule has 2 aromatic rings. The predicted molar refractivity (Wildman–Crippen MR) is 107 cm³/mol. The summed E-state index contributed by atoms with van der Waals surface area (Å²) >= 11 is 2.98. The monoisotopic (exact) mass is 392 g/mol. The summed E-state index contributed by atoms with van der Waals surface area (Å²) in [5, 5.41) is 12.4. The topological polar surface area (TPSA) is 74.2 Å². The molecular weight excluding hydrogens is 368 g/mol. The van der Waals surface area contributed by atoms with E-state index in [1.54, 1.807) is 6.20 Å². The third-order valence-corrected chi connectivity index (χ3v) is 6.14. The van der Waals surface area contributed by atoms with Crippen LogP contribution in [-0.4, -0.2) is 64.5 Å². The molecule has 0 aliphatic carbocycles. The Morgan fingerprint density at radius 2 is 2.12 bits per heavy atom. The van der Waals surface area contributed by atoms with Gasteiger partial charge in [0, 0.05) is 38.9 Å². The van der Waals surface area contributed by atoms with E-state index < -0.39 is 0 Å². The van der Waals surface area contributed by atoms with Crippen LogP contribution in [0.5, 0.6) is 0 Å². The Morgan fingerprint density at radius 3 is 2.85 bits per heavy atom. The van der Waals surface area contributed by atoms with E-state index in [4.69, 9.17) is 0 Å². The number of carbonyl (C=O) groups excluding carboxylic acids is 1. The highest BCUT2D eigenvalue weighted by molar-refractivity contribution is 8.01. The van der Waals surface area contributed by atoms with E-state index in [0.29, 0.717) is 5.75 Å². The molecule has 26 heavy (non-hydrogen) atoms. The number of amides is 1. The molecule has 0 unspecified atom stereocenters. The summed E-state index contributed by atoms with van der Waals surface area (Å²) in [4.78, 5) is 21.0. The fraction of sp³-hybridized carbons (Fsp3) is 0.529. The zero-order valence-corrected chi connectivity index (χ0v) is 16.6. The van der Waals surface area contributed by atoms with E-state index in [9.17, 15) is 4.79 Å². The molecule has 0 atom stereocenters. The largest absolute Gasteiger partial charge is 0.360 e. The Kier molecular flexibility index (Phi) is 7.07. The second-order valence-electron chi connectivity index (χ2n) is 6.00. The predicted octanol–water partition coefficient (Wildman–Crippen LogP) is 2.59. The third-order valence-electron chi connectivity index (χ3n) is 4.14. The lowest BCUT2D eigenvalue weighted by molar-refractivity contribution is -0.128. The molecule has 0 spiro atoms. The SMILES string of the molecule is CCCCNc1nnc(SCC(=O)N2CCN(c3ccccn3)CC2)s1. The van der Waals surface area contributed by atoms with E-state index >= 15 is 0 Å². The molecule has 9 heteroatoms. The molecular formula is C17H24N6OS2. The van der Waals surface area contributed by atoms with E-state index in [2.05, 4.69) is 32.3 Å². The smallest absolute Gasteiger partial charge is 0.233 e. The van der Waals surface area contributed by atoms with Crippen molar-refractivity contribution in [3.8, 4) is 0 Å². The van der Waals surface area contributed by atoms with Gasteiger partial charge in [0.15, 0.2) is 4.34 Å². The molecule has 1 aliphatic heterocycles. The molecule has 1 saturated heterocycles. The van der Waals surface area contributed by atoms with Crippen LogP contribution in [0, 0.1) is 0 Å². The van der Waals surface area contributed by atoms with Gasteiger partial charge in [0.1, 0.15) is 5.82 Å².